The molecule has 2 aliphatic rings. The van der Waals surface area contributed by atoms with Crippen molar-refractivity contribution in [1.29, 1.82) is 0 Å². The summed E-state index contributed by atoms with van der Waals surface area (Å²) in [5.74, 6) is 1.89. The van der Waals surface area contributed by atoms with E-state index in [9.17, 15) is 0 Å². The average molecular weight is 362 g/mol. The summed E-state index contributed by atoms with van der Waals surface area (Å²) in [4.78, 5) is 8.89. The molecule has 4 rings (SSSR count). The number of rotatable bonds is 1. The Bertz CT molecular complexity index is 809. The van der Waals surface area contributed by atoms with Crippen LogP contribution in [0.4, 0.5) is 0 Å². The van der Waals surface area contributed by atoms with Crippen LogP contribution in [0.25, 0.3) is 0 Å². The predicted octanol–water partition coefficient (Wildman–Crippen LogP) is 2.55. The van der Waals surface area contributed by atoms with Gasteiger partial charge in [-0.2, -0.15) is 0 Å². The van der Waals surface area contributed by atoms with Gasteiger partial charge in [0.25, 0.3) is 6.02 Å². The first kappa shape index (κ1) is 13.4. The lowest BCUT2D eigenvalue weighted by atomic mass is 9.82. The maximum atomic E-state index is 5.90. The van der Waals surface area contributed by atoms with Crippen LogP contribution in [-0.4, -0.2) is 24.7 Å². The Hall–Kier alpha value is -2.28. The second-order valence-corrected chi connectivity index (χ2v) is 5.99. The number of methoxy groups -OCH3 is 1. The Morgan fingerprint density at radius 1 is 1.32 bits per heavy atom. The maximum absolute atomic E-state index is 5.90. The molecule has 1 atom stereocenters. The summed E-state index contributed by atoms with van der Waals surface area (Å²) < 4.78 is 17.5. The fourth-order valence-electron chi connectivity index (χ4n) is 2.81. The number of pyridine rings is 1. The van der Waals surface area contributed by atoms with Crippen molar-refractivity contribution in [2.45, 2.75) is 5.54 Å². The van der Waals surface area contributed by atoms with E-state index in [4.69, 9.17) is 19.9 Å². The molecule has 1 aromatic carbocycles. The second kappa shape index (κ2) is 4.61. The quantitative estimate of drug-likeness (QED) is 0.844. The van der Waals surface area contributed by atoms with Crippen molar-refractivity contribution in [3.63, 3.8) is 0 Å². The third-order valence-electron chi connectivity index (χ3n) is 3.83. The minimum atomic E-state index is -0.766. The van der Waals surface area contributed by atoms with Crippen LogP contribution in [-0.2, 0) is 10.3 Å². The number of halogens is 1. The largest absolute Gasteiger partial charge is 0.497 e. The first-order valence-electron chi connectivity index (χ1n) is 6.63. The number of benzene rings is 1. The van der Waals surface area contributed by atoms with Crippen molar-refractivity contribution in [3.8, 4) is 17.4 Å². The fourth-order valence-corrected chi connectivity index (χ4v) is 3.14. The van der Waals surface area contributed by atoms with Crippen molar-refractivity contribution >= 4 is 22.0 Å². The summed E-state index contributed by atoms with van der Waals surface area (Å²) in [5.41, 5.74) is 6.68. The molecule has 6 nitrogen and oxygen atoms in total. The van der Waals surface area contributed by atoms with Crippen molar-refractivity contribution < 1.29 is 14.2 Å². The molecule has 7 heteroatoms. The van der Waals surface area contributed by atoms with E-state index in [2.05, 4.69) is 25.9 Å². The molecule has 0 fully saturated rings. The highest BCUT2D eigenvalue weighted by molar-refractivity contribution is 9.10. The lowest BCUT2D eigenvalue weighted by molar-refractivity contribution is 0.261. The Kier molecular flexibility index (Phi) is 2.80. The molecule has 22 heavy (non-hydrogen) atoms. The van der Waals surface area contributed by atoms with Gasteiger partial charge < -0.3 is 19.9 Å². The molecule has 2 N–H and O–H groups in total. The van der Waals surface area contributed by atoms with E-state index in [0.29, 0.717) is 24.0 Å². The molecule has 1 aromatic heterocycles. The number of hydrogen-bond acceptors (Lipinski definition) is 6. The highest BCUT2D eigenvalue weighted by Crippen LogP contribution is 2.51. The highest BCUT2D eigenvalue weighted by atomic mass is 79.9. The molecule has 112 valence electrons. The summed E-state index contributed by atoms with van der Waals surface area (Å²) in [7, 11) is 1.62. The van der Waals surface area contributed by atoms with E-state index in [0.717, 1.165) is 15.6 Å². The van der Waals surface area contributed by atoms with Crippen LogP contribution in [0.2, 0.25) is 0 Å². The predicted molar refractivity (Wildman–Crippen MR) is 83.4 cm³/mol. The molecular formula is C15H12BrN3O3. The number of aliphatic imine (C=N–C) groups is 1. The molecule has 0 aliphatic carbocycles. The third-order valence-corrected chi connectivity index (χ3v) is 4.27. The van der Waals surface area contributed by atoms with Gasteiger partial charge in [-0.15, -0.1) is 0 Å². The van der Waals surface area contributed by atoms with E-state index in [1.54, 1.807) is 13.3 Å². The Labute approximate surface area is 135 Å². The molecule has 0 saturated carbocycles. The monoisotopic (exact) mass is 361 g/mol. The number of amidine groups is 1. The molecule has 2 aliphatic heterocycles. The first-order chi connectivity index (χ1) is 10.6. The van der Waals surface area contributed by atoms with Gasteiger partial charge in [0, 0.05) is 16.2 Å². The lowest BCUT2D eigenvalue weighted by Gasteiger charge is -2.32. The van der Waals surface area contributed by atoms with E-state index in [1.165, 1.54) is 0 Å². The van der Waals surface area contributed by atoms with Gasteiger partial charge in [-0.1, -0.05) is 0 Å². The zero-order valence-electron chi connectivity index (χ0n) is 11.7. The fraction of sp³-hybridized carbons (Fsp3) is 0.200. The smallest absolute Gasteiger partial charge is 0.283 e. The zero-order chi connectivity index (χ0) is 15.3. The molecule has 1 spiro atoms. The zero-order valence-corrected chi connectivity index (χ0v) is 13.3. The minimum absolute atomic E-state index is 0.154. The van der Waals surface area contributed by atoms with Crippen LogP contribution in [0.3, 0.4) is 0 Å². The van der Waals surface area contributed by atoms with Crippen molar-refractivity contribution in [2.75, 3.05) is 13.7 Å². The van der Waals surface area contributed by atoms with Crippen LogP contribution in [0.5, 0.6) is 17.4 Å². The second-order valence-electron chi connectivity index (χ2n) is 5.07. The van der Waals surface area contributed by atoms with Gasteiger partial charge in [-0.05, 0) is 40.2 Å². The van der Waals surface area contributed by atoms with Gasteiger partial charge in [-0.25, -0.2) is 9.98 Å². The summed E-state index contributed by atoms with van der Waals surface area (Å²) in [6.07, 6.45) is 1.68. The van der Waals surface area contributed by atoms with E-state index >= 15 is 0 Å². The van der Waals surface area contributed by atoms with Gasteiger partial charge >= 0.3 is 0 Å². The van der Waals surface area contributed by atoms with Crippen LogP contribution in [0.1, 0.15) is 11.1 Å². The number of nitrogens with two attached hydrogens (primary N) is 1. The molecule has 0 radical (unpaired) electrons. The first-order valence-corrected chi connectivity index (χ1v) is 7.42. The number of nitrogens with zero attached hydrogens (tertiary/aromatic N) is 2. The van der Waals surface area contributed by atoms with E-state index in [-0.39, 0.29) is 6.02 Å². The van der Waals surface area contributed by atoms with Crippen LogP contribution >= 0.6 is 15.9 Å². The average Bonchev–Trinajstić information content (AvgIpc) is 2.91. The number of ether oxygens (including phenoxy) is 3. The highest BCUT2D eigenvalue weighted by Gasteiger charge is 2.47. The van der Waals surface area contributed by atoms with Gasteiger partial charge in [0.1, 0.15) is 18.1 Å². The summed E-state index contributed by atoms with van der Waals surface area (Å²) in [5, 5.41) is 0. The third kappa shape index (κ3) is 1.78. The maximum Gasteiger partial charge on any atom is 0.283 e. The van der Waals surface area contributed by atoms with Crippen molar-refractivity contribution in [3.05, 3.63) is 46.1 Å². The molecule has 0 unspecified atom stereocenters. The van der Waals surface area contributed by atoms with Gasteiger partial charge in [-0.3, -0.25) is 0 Å². The minimum Gasteiger partial charge on any atom is -0.497 e. The molecule has 0 amide bonds. The standard InChI is InChI=1S/C15H12BrN3O3/c1-20-9-2-3-12-10(5-9)15(7-21-14(17)19-15)11-4-8(16)6-18-13(11)22-12/h2-6H,7H2,1H3,(H2,17,19)/t15-/m0/s1. The molecule has 0 saturated heterocycles. The molecule has 2 aromatic rings. The van der Waals surface area contributed by atoms with Crippen molar-refractivity contribution in [2.24, 2.45) is 10.7 Å². The number of hydrogen-bond donors (Lipinski definition) is 1. The molecule has 0 bridgehead atoms. The Morgan fingerprint density at radius 2 is 2.18 bits per heavy atom. The van der Waals surface area contributed by atoms with Crippen LogP contribution in [0.15, 0.2) is 39.9 Å². The van der Waals surface area contributed by atoms with Gasteiger partial charge in [0.2, 0.25) is 5.88 Å². The number of aromatic nitrogens is 1. The van der Waals surface area contributed by atoms with Gasteiger partial charge in [0.15, 0.2) is 5.54 Å². The molecule has 3 heterocycles. The summed E-state index contributed by atoms with van der Waals surface area (Å²) in [6.45, 7) is 0.299. The van der Waals surface area contributed by atoms with Gasteiger partial charge in [0.05, 0.1) is 12.7 Å². The normalized spacial score (nSPS) is 21.5. The summed E-state index contributed by atoms with van der Waals surface area (Å²) in [6, 6.07) is 7.65. The molecular weight excluding hydrogens is 350 g/mol. The Morgan fingerprint density at radius 3 is 2.91 bits per heavy atom. The SMILES string of the molecule is COc1ccc2c(c1)[C@@]1(COC(N)=N1)c1cc(Br)cnc1O2. The summed E-state index contributed by atoms with van der Waals surface area (Å²) >= 11 is 3.44. The Balaban J connectivity index is 2.02. The lowest BCUT2D eigenvalue weighted by Crippen LogP contribution is -2.31. The topological polar surface area (TPSA) is 79.0 Å². The van der Waals surface area contributed by atoms with Crippen LogP contribution < -0.4 is 15.2 Å². The van der Waals surface area contributed by atoms with E-state index < -0.39 is 5.54 Å². The van der Waals surface area contributed by atoms with Crippen LogP contribution in [0, 0.1) is 0 Å². The van der Waals surface area contributed by atoms with Crippen molar-refractivity contribution in [1.82, 2.24) is 4.98 Å². The van der Waals surface area contributed by atoms with E-state index in [1.807, 2.05) is 24.3 Å². The number of fused-ring (bicyclic) bond motifs is 4.